The smallest absolute Gasteiger partial charge is 0.265 e. The molecule has 0 saturated heterocycles. The lowest BCUT2D eigenvalue weighted by Gasteiger charge is -2.56. The Morgan fingerprint density at radius 2 is 1.57 bits per heavy atom. The summed E-state index contributed by atoms with van der Waals surface area (Å²) in [7, 11) is 0. The monoisotopic (exact) mass is 394 g/mol. The molecule has 1 heterocycles. The lowest BCUT2D eigenvalue weighted by molar-refractivity contribution is -0.124. The van der Waals surface area contributed by atoms with E-state index in [1.165, 1.54) is 49.9 Å². The van der Waals surface area contributed by atoms with Crippen molar-refractivity contribution in [3.8, 4) is 0 Å². The highest BCUT2D eigenvalue weighted by atomic mass is 32.1. The number of benzene rings is 1. The molecule has 1 aromatic carbocycles. The highest BCUT2D eigenvalue weighted by Crippen LogP contribution is 2.61. The van der Waals surface area contributed by atoms with Crippen molar-refractivity contribution >= 4 is 34.5 Å². The van der Waals surface area contributed by atoms with E-state index in [2.05, 4.69) is 10.6 Å². The van der Waals surface area contributed by atoms with Gasteiger partial charge in [-0.2, -0.15) is 0 Å². The van der Waals surface area contributed by atoms with E-state index < -0.39 is 0 Å². The second kappa shape index (κ2) is 7.03. The lowest BCUT2D eigenvalue weighted by Crippen LogP contribution is -2.47. The third-order valence-corrected chi connectivity index (χ3v) is 7.72. The molecule has 28 heavy (non-hydrogen) atoms. The zero-order chi connectivity index (χ0) is 19.1. The summed E-state index contributed by atoms with van der Waals surface area (Å²) in [4.78, 5) is 25.7. The zero-order valence-corrected chi connectivity index (χ0v) is 16.8. The number of carbonyl (C=O) groups is 2. The van der Waals surface area contributed by atoms with Gasteiger partial charge in [0.1, 0.15) is 0 Å². The topological polar surface area (TPSA) is 58.2 Å². The molecule has 0 spiro atoms. The predicted molar refractivity (Wildman–Crippen MR) is 113 cm³/mol. The van der Waals surface area contributed by atoms with Crippen LogP contribution >= 0.6 is 11.3 Å². The van der Waals surface area contributed by atoms with Crippen LogP contribution in [0.3, 0.4) is 0 Å². The maximum absolute atomic E-state index is 12.8. The third kappa shape index (κ3) is 3.60. The highest BCUT2D eigenvalue weighted by Gasteiger charge is 2.51. The van der Waals surface area contributed by atoms with Gasteiger partial charge in [0, 0.05) is 17.8 Å². The van der Waals surface area contributed by atoms with E-state index in [0.29, 0.717) is 17.0 Å². The van der Waals surface area contributed by atoms with E-state index in [9.17, 15) is 9.59 Å². The zero-order valence-electron chi connectivity index (χ0n) is 15.9. The van der Waals surface area contributed by atoms with Gasteiger partial charge in [-0.25, -0.2) is 0 Å². The molecule has 2 amide bonds. The molecule has 4 saturated carbocycles. The first-order valence-corrected chi connectivity index (χ1v) is 11.2. The van der Waals surface area contributed by atoms with E-state index in [0.717, 1.165) is 23.4 Å². The fourth-order valence-electron chi connectivity index (χ4n) is 6.33. The SMILES string of the molecule is O=C(CC12CC3CC(CC(C3)C1)C2)Nc1cccc(NC(=O)c2cccs2)c1. The van der Waals surface area contributed by atoms with Crippen molar-refractivity contribution in [2.45, 2.75) is 44.9 Å². The van der Waals surface area contributed by atoms with Crippen molar-refractivity contribution < 1.29 is 9.59 Å². The first kappa shape index (κ1) is 17.9. The molecule has 0 aliphatic heterocycles. The summed E-state index contributed by atoms with van der Waals surface area (Å²) in [5, 5.41) is 7.87. The molecule has 6 rings (SSSR count). The van der Waals surface area contributed by atoms with E-state index in [1.54, 1.807) is 6.07 Å². The molecule has 146 valence electrons. The first-order chi connectivity index (χ1) is 13.6. The summed E-state index contributed by atoms with van der Waals surface area (Å²) in [5.74, 6) is 2.57. The number of nitrogens with one attached hydrogen (secondary N) is 2. The molecule has 1 aromatic heterocycles. The molecule has 0 radical (unpaired) electrons. The number of carbonyl (C=O) groups excluding carboxylic acids is 2. The van der Waals surface area contributed by atoms with Crippen LogP contribution in [0.5, 0.6) is 0 Å². The minimum Gasteiger partial charge on any atom is -0.326 e. The summed E-state index contributed by atoms with van der Waals surface area (Å²) in [6, 6.07) is 11.1. The fraction of sp³-hybridized carbons (Fsp3) is 0.478. The van der Waals surface area contributed by atoms with Crippen molar-refractivity contribution in [2.24, 2.45) is 23.2 Å². The van der Waals surface area contributed by atoms with Gasteiger partial charge < -0.3 is 10.6 Å². The average molecular weight is 395 g/mol. The molecule has 4 fully saturated rings. The second-order valence-corrected chi connectivity index (χ2v) is 10.1. The molecular weight excluding hydrogens is 368 g/mol. The molecule has 2 aromatic rings. The van der Waals surface area contributed by atoms with Gasteiger partial charge in [0.2, 0.25) is 5.91 Å². The Bertz CT molecular complexity index is 854. The Labute approximate surface area is 169 Å². The highest BCUT2D eigenvalue weighted by molar-refractivity contribution is 7.12. The minimum atomic E-state index is -0.118. The van der Waals surface area contributed by atoms with E-state index in [4.69, 9.17) is 0 Å². The van der Waals surface area contributed by atoms with Crippen LogP contribution in [0, 0.1) is 23.2 Å². The predicted octanol–water partition coefficient (Wildman–Crippen LogP) is 5.55. The Hall–Kier alpha value is -2.14. The summed E-state index contributed by atoms with van der Waals surface area (Å²) >= 11 is 1.41. The largest absolute Gasteiger partial charge is 0.326 e. The van der Waals surface area contributed by atoms with Crippen LogP contribution in [0.4, 0.5) is 11.4 Å². The van der Waals surface area contributed by atoms with Gasteiger partial charge in [-0.3, -0.25) is 9.59 Å². The normalized spacial score (nSPS) is 30.2. The Morgan fingerprint density at radius 1 is 0.929 bits per heavy atom. The summed E-state index contributed by atoms with van der Waals surface area (Å²) in [6.45, 7) is 0. The Morgan fingerprint density at radius 3 is 2.18 bits per heavy atom. The molecular formula is C23H26N2O2S. The van der Waals surface area contributed by atoms with Crippen molar-refractivity contribution in [1.82, 2.24) is 0 Å². The molecule has 0 atom stereocenters. The van der Waals surface area contributed by atoms with Crippen LogP contribution in [0.25, 0.3) is 0 Å². The van der Waals surface area contributed by atoms with Crippen LogP contribution in [0.15, 0.2) is 41.8 Å². The van der Waals surface area contributed by atoms with Gasteiger partial charge in [-0.15, -0.1) is 11.3 Å². The second-order valence-electron chi connectivity index (χ2n) is 9.15. The molecule has 2 N–H and O–H groups in total. The number of hydrogen-bond acceptors (Lipinski definition) is 3. The number of thiophene rings is 1. The summed E-state index contributed by atoms with van der Waals surface area (Å²) < 4.78 is 0. The number of hydrogen-bond donors (Lipinski definition) is 2. The molecule has 5 heteroatoms. The summed E-state index contributed by atoms with van der Waals surface area (Å²) in [6.07, 6.45) is 8.55. The van der Waals surface area contributed by atoms with Gasteiger partial charge in [-0.1, -0.05) is 12.1 Å². The van der Waals surface area contributed by atoms with Crippen LogP contribution in [-0.4, -0.2) is 11.8 Å². The quantitative estimate of drug-likeness (QED) is 0.699. The molecule has 4 aliphatic rings. The lowest BCUT2D eigenvalue weighted by atomic mass is 9.49. The van der Waals surface area contributed by atoms with Gasteiger partial charge in [0.25, 0.3) is 5.91 Å². The molecule has 4 bridgehead atoms. The van der Waals surface area contributed by atoms with E-state index >= 15 is 0 Å². The van der Waals surface area contributed by atoms with E-state index in [1.807, 2.05) is 35.7 Å². The molecule has 4 aliphatic carbocycles. The van der Waals surface area contributed by atoms with Gasteiger partial charge in [0.05, 0.1) is 4.88 Å². The number of rotatable bonds is 5. The Kier molecular flexibility index (Phi) is 4.50. The van der Waals surface area contributed by atoms with Crippen molar-refractivity contribution in [3.05, 3.63) is 46.7 Å². The fourth-order valence-corrected chi connectivity index (χ4v) is 6.95. The average Bonchev–Trinajstić information content (AvgIpc) is 3.15. The third-order valence-electron chi connectivity index (χ3n) is 6.85. The van der Waals surface area contributed by atoms with Gasteiger partial charge in [0.15, 0.2) is 0 Å². The number of amides is 2. The van der Waals surface area contributed by atoms with Crippen molar-refractivity contribution in [3.63, 3.8) is 0 Å². The molecule has 0 unspecified atom stereocenters. The van der Waals surface area contributed by atoms with Crippen LogP contribution in [0.1, 0.15) is 54.6 Å². The van der Waals surface area contributed by atoms with Crippen LogP contribution in [-0.2, 0) is 4.79 Å². The van der Waals surface area contributed by atoms with Gasteiger partial charge >= 0.3 is 0 Å². The van der Waals surface area contributed by atoms with E-state index in [-0.39, 0.29) is 17.2 Å². The standard InChI is InChI=1S/C23H26N2O2S/c26-21(14-23-11-15-7-16(12-23)9-17(8-15)13-23)24-18-3-1-4-19(10-18)25-22(27)20-5-2-6-28-20/h1-6,10,15-17H,7-9,11-14H2,(H,24,26)(H,25,27). The van der Waals surface area contributed by atoms with Crippen LogP contribution < -0.4 is 10.6 Å². The van der Waals surface area contributed by atoms with Crippen LogP contribution in [0.2, 0.25) is 0 Å². The van der Waals surface area contributed by atoms with Crippen molar-refractivity contribution in [1.29, 1.82) is 0 Å². The summed E-state index contributed by atoms with van der Waals surface area (Å²) in [5.41, 5.74) is 1.69. The Balaban J connectivity index is 1.23. The first-order valence-electron chi connectivity index (χ1n) is 10.3. The molecule has 4 nitrogen and oxygen atoms in total. The van der Waals surface area contributed by atoms with Gasteiger partial charge in [-0.05, 0) is 91.3 Å². The van der Waals surface area contributed by atoms with Crippen molar-refractivity contribution in [2.75, 3.05) is 10.6 Å². The maximum atomic E-state index is 12.8. The maximum Gasteiger partial charge on any atom is 0.265 e. The minimum absolute atomic E-state index is 0.115. The number of anilines is 2.